The maximum absolute atomic E-state index is 10.1. The van der Waals surface area contributed by atoms with Crippen molar-refractivity contribution < 1.29 is 9.52 Å². The second-order valence-corrected chi connectivity index (χ2v) is 5.26. The van der Waals surface area contributed by atoms with Crippen molar-refractivity contribution in [2.75, 3.05) is 18.1 Å². The first kappa shape index (κ1) is 11.0. The second-order valence-electron chi connectivity index (χ2n) is 4.16. The number of thioether (sulfide) groups is 1. The van der Waals surface area contributed by atoms with E-state index in [4.69, 9.17) is 4.42 Å². The Morgan fingerprint density at radius 2 is 2.53 bits per heavy atom. The zero-order valence-corrected chi connectivity index (χ0v) is 9.77. The summed E-state index contributed by atoms with van der Waals surface area (Å²) in [5.74, 6) is 2.87. The van der Waals surface area contributed by atoms with Gasteiger partial charge in [-0.3, -0.25) is 0 Å². The van der Waals surface area contributed by atoms with E-state index in [1.165, 1.54) is 0 Å². The van der Waals surface area contributed by atoms with Crippen molar-refractivity contribution >= 4 is 11.8 Å². The highest BCUT2D eigenvalue weighted by Gasteiger charge is 2.31. The minimum Gasteiger partial charge on any atom is -0.468 e. The Balaban J connectivity index is 1.77. The molecule has 0 spiro atoms. The molecule has 0 radical (unpaired) electrons. The van der Waals surface area contributed by atoms with Crippen LogP contribution in [0.25, 0.3) is 0 Å². The maximum Gasteiger partial charge on any atom is 0.120 e. The number of aryl methyl sites for hydroxylation is 1. The van der Waals surface area contributed by atoms with Gasteiger partial charge < -0.3 is 14.8 Å². The molecule has 3 nitrogen and oxygen atoms in total. The van der Waals surface area contributed by atoms with Gasteiger partial charge in [0.05, 0.1) is 18.4 Å². The molecule has 15 heavy (non-hydrogen) atoms. The molecule has 0 aliphatic carbocycles. The molecule has 2 heterocycles. The van der Waals surface area contributed by atoms with Crippen LogP contribution < -0.4 is 5.32 Å². The molecule has 1 aliphatic rings. The van der Waals surface area contributed by atoms with Crippen LogP contribution in [0.15, 0.2) is 16.7 Å². The Kier molecular flexibility index (Phi) is 3.38. The molecule has 1 aromatic rings. The van der Waals surface area contributed by atoms with Crippen LogP contribution in [0.4, 0.5) is 0 Å². The molecule has 2 rings (SSSR count). The van der Waals surface area contributed by atoms with E-state index in [1.54, 1.807) is 6.26 Å². The van der Waals surface area contributed by atoms with Crippen molar-refractivity contribution in [1.82, 2.24) is 5.32 Å². The Morgan fingerprint density at radius 3 is 3.13 bits per heavy atom. The van der Waals surface area contributed by atoms with Crippen molar-refractivity contribution in [2.24, 2.45) is 0 Å². The molecule has 1 saturated heterocycles. The molecular formula is C11H17NO2S. The fourth-order valence-electron chi connectivity index (χ4n) is 1.73. The van der Waals surface area contributed by atoms with Crippen LogP contribution >= 0.6 is 11.8 Å². The highest BCUT2D eigenvalue weighted by molar-refractivity contribution is 7.99. The van der Waals surface area contributed by atoms with Crippen molar-refractivity contribution in [3.63, 3.8) is 0 Å². The van der Waals surface area contributed by atoms with Crippen LogP contribution in [0.5, 0.6) is 0 Å². The molecule has 1 unspecified atom stereocenters. The molecule has 84 valence electrons. The van der Waals surface area contributed by atoms with Crippen LogP contribution in [0.2, 0.25) is 0 Å². The zero-order valence-electron chi connectivity index (χ0n) is 8.95. The van der Waals surface area contributed by atoms with Crippen LogP contribution in [0, 0.1) is 6.92 Å². The molecule has 0 saturated carbocycles. The molecule has 4 heteroatoms. The van der Waals surface area contributed by atoms with Crippen molar-refractivity contribution in [2.45, 2.75) is 25.5 Å². The zero-order chi connectivity index (χ0) is 10.7. The van der Waals surface area contributed by atoms with Gasteiger partial charge in [-0.25, -0.2) is 0 Å². The monoisotopic (exact) mass is 227 g/mol. The standard InChI is InChI=1S/C11H17NO2S/c1-9-2-4-14-10(9)6-12-7-11(13)3-5-15-8-11/h2,4,12-13H,3,5-8H2,1H3. The first-order valence-electron chi connectivity index (χ1n) is 5.23. The summed E-state index contributed by atoms with van der Waals surface area (Å²) in [5.41, 5.74) is 0.654. The van der Waals surface area contributed by atoms with E-state index in [1.807, 2.05) is 24.8 Å². The Bertz CT molecular complexity index is 318. The third-order valence-electron chi connectivity index (χ3n) is 2.79. The van der Waals surface area contributed by atoms with Crippen LogP contribution in [-0.2, 0) is 6.54 Å². The van der Waals surface area contributed by atoms with Crippen molar-refractivity contribution in [1.29, 1.82) is 0 Å². The van der Waals surface area contributed by atoms with E-state index in [0.29, 0.717) is 13.1 Å². The van der Waals surface area contributed by atoms with Gasteiger partial charge in [0.2, 0.25) is 0 Å². The van der Waals surface area contributed by atoms with E-state index in [-0.39, 0.29) is 0 Å². The van der Waals surface area contributed by atoms with Gasteiger partial charge in [-0.1, -0.05) is 0 Å². The minimum atomic E-state index is -0.509. The summed E-state index contributed by atoms with van der Waals surface area (Å²) in [4.78, 5) is 0. The van der Waals surface area contributed by atoms with Crippen molar-refractivity contribution in [3.8, 4) is 0 Å². The average Bonchev–Trinajstić information content (AvgIpc) is 2.78. The van der Waals surface area contributed by atoms with Crippen LogP contribution in [0.1, 0.15) is 17.7 Å². The topological polar surface area (TPSA) is 45.4 Å². The third kappa shape index (κ3) is 2.77. The van der Waals surface area contributed by atoms with Crippen LogP contribution in [-0.4, -0.2) is 28.8 Å². The number of aliphatic hydroxyl groups is 1. The number of nitrogens with one attached hydrogen (secondary N) is 1. The summed E-state index contributed by atoms with van der Waals surface area (Å²) in [6, 6.07) is 1.96. The van der Waals surface area contributed by atoms with E-state index >= 15 is 0 Å². The molecule has 2 N–H and O–H groups in total. The highest BCUT2D eigenvalue weighted by atomic mass is 32.2. The van der Waals surface area contributed by atoms with Crippen LogP contribution in [0.3, 0.4) is 0 Å². The predicted molar refractivity (Wildman–Crippen MR) is 62.0 cm³/mol. The van der Waals surface area contributed by atoms with Crippen molar-refractivity contribution in [3.05, 3.63) is 23.7 Å². The minimum absolute atomic E-state index is 0.509. The number of rotatable bonds is 4. The summed E-state index contributed by atoms with van der Waals surface area (Å²) in [6.07, 6.45) is 2.59. The molecular weight excluding hydrogens is 210 g/mol. The fourth-order valence-corrected chi connectivity index (χ4v) is 3.02. The molecule has 0 aromatic carbocycles. The summed E-state index contributed by atoms with van der Waals surface area (Å²) >= 11 is 1.82. The Labute approximate surface area is 94.2 Å². The molecule has 1 atom stereocenters. The fraction of sp³-hybridized carbons (Fsp3) is 0.636. The lowest BCUT2D eigenvalue weighted by Crippen LogP contribution is -2.40. The molecule has 1 aliphatic heterocycles. The molecule has 0 amide bonds. The average molecular weight is 227 g/mol. The first-order chi connectivity index (χ1) is 7.20. The summed E-state index contributed by atoms with van der Waals surface area (Å²) in [6.45, 7) is 3.38. The van der Waals surface area contributed by atoms with Gasteiger partial charge in [0, 0.05) is 12.3 Å². The highest BCUT2D eigenvalue weighted by Crippen LogP contribution is 2.27. The third-order valence-corrected chi connectivity index (χ3v) is 4.02. The SMILES string of the molecule is Cc1ccoc1CNCC1(O)CCSC1. The lowest BCUT2D eigenvalue weighted by Gasteiger charge is -2.21. The quantitative estimate of drug-likeness (QED) is 0.819. The van der Waals surface area contributed by atoms with Gasteiger partial charge in [-0.2, -0.15) is 11.8 Å². The second kappa shape index (κ2) is 4.60. The summed E-state index contributed by atoms with van der Waals surface area (Å²) in [5, 5.41) is 13.3. The smallest absolute Gasteiger partial charge is 0.120 e. The maximum atomic E-state index is 10.1. The lowest BCUT2D eigenvalue weighted by molar-refractivity contribution is 0.0670. The van der Waals surface area contributed by atoms with E-state index < -0.39 is 5.60 Å². The van der Waals surface area contributed by atoms with Gasteiger partial charge in [0.1, 0.15) is 5.76 Å². The first-order valence-corrected chi connectivity index (χ1v) is 6.39. The molecule has 1 fully saturated rings. The predicted octanol–water partition coefficient (Wildman–Crippen LogP) is 1.55. The van der Waals surface area contributed by atoms with E-state index in [9.17, 15) is 5.11 Å². The van der Waals surface area contributed by atoms with Gasteiger partial charge in [0.15, 0.2) is 0 Å². The number of furan rings is 1. The van der Waals surface area contributed by atoms with E-state index in [2.05, 4.69) is 5.32 Å². The number of hydrogen-bond donors (Lipinski definition) is 2. The molecule has 1 aromatic heterocycles. The Morgan fingerprint density at radius 1 is 1.67 bits per heavy atom. The van der Waals surface area contributed by atoms with E-state index in [0.717, 1.165) is 29.3 Å². The molecule has 0 bridgehead atoms. The lowest BCUT2D eigenvalue weighted by atomic mass is 10.0. The summed E-state index contributed by atoms with van der Waals surface area (Å²) < 4.78 is 5.31. The van der Waals surface area contributed by atoms with Gasteiger partial charge in [-0.15, -0.1) is 0 Å². The van der Waals surface area contributed by atoms with Gasteiger partial charge in [-0.05, 0) is 30.7 Å². The largest absolute Gasteiger partial charge is 0.468 e. The number of hydrogen-bond acceptors (Lipinski definition) is 4. The van der Waals surface area contributed by atoms with Gasteiger partial charge in [0.25, 0.3) is 0 Å². The Hall–Kier alpha value is -0.450. The van der Waals surface area contributed by atoms with Gasteiger partial charge >= 0.3 is 0 Å². The normalized spacial score (nSPS) is 26.0. The summed E-state index contributed by atoms with van der Waals surface area (Å²) in [7, 11) is 0.